The third kappa shape index (κ3) is 3.13. The topological polar surface area (TPSA) is 38.3 Å². The van der Waals surface area contributed by atoms with Crippen LogP contribution in [0, 0.1) is 12.8 Å². The molecule has 2 aromatic rings. The van der Waals surface area contributed by atoms with Crippen molar-refractivity contribution in [3.05, 3.63) is 64.2 Å². The largest absolute Gasteiger partial charge is 0.480 e. The molecule has 2 unspecified atom stereocenters. The van der Waals surface area contributed by atoms with E-state index in [1.165, 1.54) is 24.0 Å². The molecule has 124 valence electrons. The fraction of sp³-hybridized carbons (Fsp3) is 0.350. The molecule has 0 bridgehead atoms. The van der Waals surface area contributed by atoms with Crippen molar-refractivity contribution in [1.82, 2.24) is 5.32 Å². The normalized spacial score (nSPS) is 20.2. The van der Waals surface area contributed by atoms with Gasteiger partial charge in [0.15, 0.2) is 6.10 Å². The Balaban J connectivity index is 1.47. The van der Waals surface area contributed by atoms with E-state index in [1.807, 2.05) is 12.1 Å². The van der Waals surface area contributed by atoms with Gasteiger partial charge in [-0.25, -0.2) is 0 Å². The minimum absolute atomic E-state index is 0.0419. The van der Waals surface area contributed by atoms with E-state index in [0.717, 1.165) is 11.3 Å². The van der Waals surface area contributed by atoms with Crippen LogP contribution in [0.1, 0.15) is 35.6 Å². The van der Waals surface area contributed by atoms with Crippen molar-refractivity contribution < 1.29 is 9.53 Å². The second kappa shape index (κ2) is 6.14. The molecule has 2 aliphatic rings. The van der Waals surface area contributed by atoms with E-state index in [4.69, 9.17) is 16.3 Å². The number of benzene rings is 2. The van der Waals surface area contributed by atoms with E-state index < -0.39 is 6.10 Å². The van der Waals surface area contributed by atoms with E-state index in [0.29, 0.717) is 17.4 Å². The summed E-state index contributed by atoms with van der Waals surface area (Å²) in [6.07, 6.45) is 2.44. The summed E-state index contributed by atoms with van der Waals surface area (Å²) >= 11 is 6.02. The van der Waals surface area contributed by atoms with E-state index in [9.17, 15) is 4.79 Å². The molecule has 1 fully saturated rings. The van der Waals surface area contributed by atoms with E-state index in [2.05, 4.69) is 36.5 Å². The minimum atomic E-state index is -0.467. The summed E-state index contributed by atoms with van der Waals surface area (Å²) in [6, 6.07) is 14.0. The molecule has 4 heteroatoms. The van der Waals surface area contributed by atoms with E-state index in [1.54, 1.807) is 6.07 Å². The van der Waals surface area contributed by atoms with Crippen LogP contribution in [0.3, 0.4) is 0 Å². The average Bonchev–Trinajstić information content (AvgIpc) is 3.32. The lowest BCUT2D eigenvalue weighted by Gasteiger charge is -2.21. The van der Waals surface area contributed by atoms with Crippen LogP contribution in [0.5, 0.6) is 5.75 Å². The highest BCUT2D eigenvalue weighted by atomic mass is 35.5. The Labute approximate surface area is 147 Å². The Morgan fingerprint density at radius 3 is 2.67 bits per heavy atom. The van der Waals surface area contributed by atoms with Crippen LogP contribution in [-0.2, 0) is 11.2 Å². The first-order chi connectivity index (χ1) is 11.6. The number of rotatable bonds is 4. The SMILES string of the molecule is Cc1ccc(C(NC(=O)C2Cc3cc(Cl)ccc3O2)C2CC2)cc1. The summed E-state index contributed by atoms with van der Waals surface area (Å²) in [5.74, 6) is 1.26. The van der Waals surface area contributed by atoms with Gasteiger partial charge in [0.1, 0.15) is 5.75 Å². The molecule has 0 aromatic heterocycles. The number of carbonyl (C=O) groups is 1. The Hall–Kier alpha value is -2.00. The highest BCUT2D eigenvalue weighted by molar-refractivity contribution is 6.30. The summed E-state index contributed by atoms with van der Waals surface area (Å²) in [6.45, 7) is 2.07. The zero-order valence-electron chi connectivity index (χ0n) is 13.6. The molecule has 0 radical (unpaired) electrons. The maximum absolute atomic E-state index is 12.7. The summed E-state index contributed by atoms with van der Waals surface area (Å²) in [5.41, 5.74) is 3.40. The Kier molecular flexibility index (Phi) is 3.97. The molecule has 4 rings (SSSR count). The zero-order valence-corrected chi connectivity index (χ0v) is 14.3. The molecular formula is C20H20ClNO2. The summed E-state index contributed by atoms with van der Waals surface area (Å²) in [4.78, 5) is 12.7. The first kappa shape index (κ1) is 15.5. The van der Waals surface area contributed by atoms with E-state index in [-0.39, 0.29) is 11.9 Å². The van der Waals surface area contributed by atoms with Crippen LogP contribution in [0.15, 0.2) is 42.5 Å². The maximum Gasteiger partial charge on any atom is 0.261 e. The van der Waals surface area contributed by atoms with Gasteiger partial charge < -0.3 is 10.1 Å². The Morgan fingerprint density at radius 2 is 1.96 bits per heavy atom. The minimum Gasteiger partial charge on any atom is -0.480 e. The van der Waals surface area contributed by atoms with Crippen LogP contribution in [0.2, 0.25) is 5.02 Å². The number of hydrogen-bond acceptors (Lipinski definition) is 2. The van der Waals surface area contributed by atoms with Gasteiger partial charge in [0.05, 0.1) is 6.04 Å². The van der Waals surface area contributed by atoms with Crippen LogP contribution in [-0.4, -0.2) is 12.0 Å². The molecule has 24 heavy (non-hydrogen) atoms. The smallest absolute Gasteiger partial charge is 0.261 e. The summed E-state index contributed by atoms with van der Waals surface area (Å²) in [7, 11) is 0. The molecule has 1 heterocycles. The maximum atomic E-state index is 12.7. The van der Waals surface area contributed by atoms with Crippen LogP contribution in [0.4, 0.5) is 0 Å². The molecule has 2 aromatic carbocycles. The second-order valence-corrected chi connectivity index (χ2v) is 7.23. The zero-order chi connectivity index (χ0) is 16.7. The molecule has 1 aliphatic carbocycles. The lowest BCUT2D eigenvalue weighted by atomic mass is 10.0. The Morgan fingerprint density at radius 1 is 1.21 bits per heavy atom. The van der Waals surface area contributed by atoms with Gasteiger partial charge in [-0.15, -0.1) is 0 Å². The number of carbonyl (C=O) groups excluding carboxylic acids is 1. The molecule has 1 N–H and O–H groups in total. The number of hydrogen-bond donors (Lipinski definition) is 1. The molecule has 3 nitrogen and oxygen atoms in total. The third-order valence-corrected chi connectivity index (χ3v) is 5.05. The van der Waals surface area contributed by atoms with Gasteiger partial charge in [-0.2, -0.15) is 0 Å². The number of ether oxygens (including phenoxy) is 1. The predicted molar refractivity (Wildman–Crippen MR) is 94.4 cm³/mol. The highest BCUT2D eigenvalue weighted by Gasteiger charge is 2.36. The van der Waals surface area contributed by atoms with Gasteiger partial charge in [0.2, 0.25) is 0 Å². The van der Waals surface area contributed by atoms with Crippen LogP contribution < -0.4 is 10.1 Å². The van der Waals surface area contributed by atoms with Crippen molar-refractivity contribution in [3.8, 4) is 5.75 Å². The van der Waals surface area contributed by atoms with Gasteiger partial charge in [0, 0.05) is 11.4 Å². The fourth-order valence-electron chi connectivity index (χ4n) is 3.29. The monoisotopic (exact) mass is 341 g/mol. The quantitative estimate of drug-likeness (QED) is 0.904. The highest BCUT2D eigenvalue weighted by Crippen LogP contribution is 2.41. The van der Waals surface area contributed by atoms with Crippen molar-refractivity contribution >= 4 is 17.5 Å². The first-order valence-corrected chi connectivity index (χ1v) is 8.80. The van der Waals surface area contributed by atoms with Gasteiger partial charge in [-0.05, 0) is 55.0 Å². The molecule has 0 spiro atoms. The van der Waals surface area contributed by atoms with Crippen molar-refractivity contribution in [2.24, 2.45) is 5.92 Å². The molecule has 0 saturated heterocycles. The summed E-state index contributed by atoms with van der Waals surface area (Å²) in [5, 5.41) is 3.88. The van der Waals surface area contributed by atoms with Gasteiger partial charge >= 0.3 is 0 Å². The molecule has 1 saturated carbocycles. The lowest BCUT2D eigenvalue weighted by molar-refractivity contribution is -0.128. The number of amides is 1. The van der Waals surface area contributed by atoms with Gasteiger partial charge in [0.25, 0.3) is 5.91 Å². The standard InChI is InChI=1S/C20H20ClNO2/c1-12-2-4-13(5-3-12)19(14-6-7-14)22-20(23)18-11-15-10-16(21)8-9-17(15)24-18/h2-5,8-10,14,18-19H,6-7,11H2,1H3,(H,22,23). The number of halogens is 1. The molecule has 1 aliphatic heterocycles. The third-order valence-electron chi connectivity index (χ3n) is 4.82. The van der Waals surface area contributed by atoms with Crippen molar-refractivity contribution in [1.29, 1.82) is 0 Å². The molecule has 1 amide bonds. The number of aryl methyl sites for hydroxylation is 1. The van der Waals surface area contributed by atoms with Gasteiger partial charge in [-0.3, -0.25) is 4.79 Å². The number of nitrogens with one attached hydrogen (secondary N) is 1. The van der Waals surface area contributed by atoms with Crippen molar-refractivity contribution in [2.75, 3.05) is 0 Å². The van der Waals surface area contributed by atoms with Crippen LogP contribution in [0.25, 0.3) is 0 Å². The van der Waals surface area contributed by atoms with E-state index >= 15 is 0 Å². The first-order valence-electron chi connectivity index (χ1n) is 8.42. The van der Waals surface area contributed by atoms with Crippen LogP contribution >= 0.6 is 11.6 Å². The fourth-order valence-corrected chi connectivity index (χ4v) is 3.48. The second-order valence-electron chi connectivity index (χ2n) is 6.80. The lowest BCUT2D eigenvalue weighted by Crippen LogP contribution is -2.40. The molecular weight excluding hydrogens is 322 g/mol. The number of fused-ring (bicyclic) bond motifs is 1. The van der Waals surface area contributed by atoms with Crippen molar-refractivity contribution in [2.45, 2.75) is 38.3 Å². The predicted octanol–water partition coefficient (Wildman–Crippen LogP) is 4.22. The average molecular weight is 342 g/mol. The van der Waals surface area contributed by atoms with Gasteiger partial charge in [-0.1, -0.05) is 41.4 Å². The summed E-state index contributed by atoms with van der Waals surface area (Å²) < 4.78 is 5.81. The Bertz CT molecular complexity index is 768. The van der Waals surface area contributed by atoms with Crippen molar-refractivity contribution in [3.63, 3.8) is 0 Å². The molecule has 2 atom stereocenters.